The van der Waals surface area contributed by atoms with Crippen molar-refractivity contribution in [1.29, 1.82) is 0 Å². The third-order valence-corrected chi connectivity index (χ3v) is 5.83. The number of amides is 1. The van der Waals surface area contributed by atoms with E-state index in [-0.39, 0.29) is 22.3 Å². The summed E-state index contributed by atoms with van der Waals surface area (Å²) in [6.07, 6.45) is 2.07. The summed E-state index contributed by atoms with van der Waals surface area (Å²) in [5, 5.41) is 2.84. The molecule has 7 nitrogen and oxygen atoms in total. The maximum atomic E-state index is 13.1. The molecular weight excluding hydrogens is 402 g/mol. The van der Waals surface area contributed by atoms with Crippen molar-refractivity contribution in [2.45, 2.75) is 24.4 Å². The van der Waals surface area contributed by atoms with E-state index < -0.39 is 15.9 Å². The third kappa shape index (κ3) is 4.96. The summed E-state index contributed by atoms with van der Waals surface area (Å²) in [4.78, 5) is 17.0. The molecular formula is C22H23N3O4S. The minimum atomic E-state index is -3.96. The molecule has 0 aliphatic rings. The van der Waals surface area contributed by atoms with Gasteiger partial charge in [-0.25, -0.2) is 4.98 Å². The fourth-order valence-electron chi connectivity index (χ4n) is 2.97. The predicted molar refractivity (Wildman–Crippen MR) is 115 cm³/mol. The van der Waals surface area contributed by atoms with Crippen LogP contribution in [0.15, 0.2) is 78.0 Å². The Kier molecular flexibility index (Phi) is 6.68. The highest BCUT2D eigenvalue weighted by Crippen LogP contribution is 2.26. The van der Waals surface area contributed by atoms with Crippen molar-refractivity contribution < 1.29 is 17.9 Å². The molecule has 0 aliphatic heterocycles. The van der Waals surface area contributed by atoms with Crippen molar-refractivity contribution in [1.82, 2.24) is 10.3 Å². The number of nitrogens with zero attached hydrogens (tertiary/aromatic N) is 1. The molecule has 1 atom stereocenters. The SMILES string of the molecule is CC[C@H](NC(=O)c1cc(OC)ccc1NS(=O)(=O)c1ccccn1)c1ccccc1. The number of aromatic nitrogens is 1. The number of nitrogens with one attached hydrogen (secondary N) is 2. The fourth-order valence-corrected chi connectivity index (χ4v) is 4.00. The zero-order valence-electron chi connectivity index (χ0n) is 16.7. The van der Waals surface area contributed by atoms with Gasteiger partial charge in [-0.3, -0.25) is 9.52 Å². The smallest absolute Gasteiger partial charge is 0.279 e. The maximum absolute atomic E-state index is 13.1. The van der Waals surface area contributed by atoms with Gasteiger partial charge in [0, 0.05) is 6.20 Å². The second-order valence-electron chi connectivity index (χ2n) is 6.53. The molecule has 156 valence electrons. The van der Waals surface area contributed by atoms with E-state index >= 15 is 0 Å². The largest absolute Gasteiger partial charge is 0.497 e. The molecule has 0 unspecified atom stereocenters. The molecule has 3 rings (SSSR count). The van der Waals surface area contributed by atoms with Crippen molar-refractivity contribution in [2.75, 3.05) is 11.8 Å². The van der Waals surface area contributed by atoms with Crippen LogP contribution in [0.5, 0.6) is 5.75 Å². The van der Waals surface area contributed by atoms with Crippen LogP contribution in [0.2, 0.25) is 0 Å². The van der Waals surface area contributed by atoms with Gasteiger partial charge in [0.1, 0.15) is 5.75 Å². The van der Waals surface area contributed by atoms with Gasteiger partial charge >= 0.3 is 0 Å². The fraction of sp³-hybridized carbons (Fsp3) is 0.182. The second-order valence-corrected chi connectivity index (χ2v) is 8.16. The Morgan fingerprint density at radius 2 is 1.80 bits per heavy atom. The summed E-state index contributed by atoms with van der Waals surface area (Å²) in [6.45, 7) is 1.97. The molecule has 1 amide bonds. The predicted octanol–water partition coefficient (Wildman–Crippen LogP) is 3.77. The molecule has 0 radical (unpaired) electrons. The van der Waals surface area contributed by atoms with Crippen LogP contribution in [-0.4, -0.2) is 26.4 Å². The summed E-state index contributed by atoms with van der Waals surface area (Å²) in [7, 11) is -2.48. The summed E-state index contributed by atoms with van der Waals surface area (Å²) in [5.74, 6) is 0.0250. The normalized spacial score (nSPS) is 12.1. The lowest BCUT2D eigenvalue weighted by molar-refractivity contribution is 0.0936. The van der Waals surface area contributed by atoms with Crippen molar-refractivity contribution in [3.8, 4) is 5.75 Å². The summed E-state index contributed by atoms with van der Waals surface area (Å²) >= 11 is 0. The van der Waals surface area contributed by atoms with E-state index in [1.165, 1.54) is 31.5 Å². The monoisotopic (exact) mass is 425 g/mol. The third-order valence-electron chi connectivity index (χ3n) is 4.54. The maximum Gasteiger partial charge on any atom is 0.279 e. The van der Waals surface area contributed by atoms with E-state index in [2.05, 4.69) is 15.0 Å². The first kappa shape index (κ1) is 21.3. The molecule has 8 heteroatoms. The number of rotatable bonds is 8. The summed E-state index contributed by atoms with van der Waals surface area (Å²) in [6, 6.07) is 18.5. The van der Waals surface area contributed by atoms with Crippen LogP contribution in [0.3, 0.4) is 0 Å². The molecule has 1 heterocycles. The Bertz CT molecular complexity index is 1100. The van der Waals surface area contributed by atoms with Crippen LogP contribution in [0.4, 0.5) is 5.69 Å². The Morgan fingerprint density at radius 3 is 2.43 bits per heavy atom. The van der Waals surface area contributed by atoms with E-state index in [9.17, 15) is 13.2 Å². The molecule has 0 saturated heterocycles. The number of benzene rings is 2. The number of hydrogen-bond acceptors (Lipinski definition) is 5. The highest BCUT2D eigenvalue weighted by atomic mass is 32.2. The molecule has 0 spiro atoms. The molecule has 0 saturated carbocycles. The average molecular weight is 426 g/mol. The Labute approximate surface area is 176 Å². The molecule has 1 aromatic heterocycles. The lowest BCUT2D eigenvalue weighted by atomic mass is 10.0. The first-order valence-electron chi connectivity index (χ1n) is 9.42. The second kappa shape index (κ2) is 9.41. The van der Waals surface area contributed by atoms with Crippen LogP contribution < -0.4 is 14.8 Å². The standard InChI is InChI=1S/C22H23N3O4S/c1-3-19(16-9-5-4-6-10-16)24-22(26)18-15-17(29-2)12-13-20(18)25-30(27,28)21-11-7-8-14-23-21/h4-15,19,25H,3H2,1-2H3,(H,24,26)/t19-/m0/s1. The number of carbonyl (C=O) groups excluding carboxylic acids is 1. The summed E-state index contributed by atoms with van der Waals surface area (Å²) < 4.78 is 33.1. The average Bonchev–Trinajstić information content (AvgIpc) is 2.78. The summed E-state index contributed by atoms with van der Waals surface area (Å²) in [5.41, 5.74) is 1.26. The van der Waals surface area contributed by atoms with E-state index in [0.29, 0.717) is 12.2 Å². The van der Waals surface area contributed by atoms with E-state index in [4.69, 9.17) is 4.74 Å². The van der Waals surface area contributed by atoms with Gasteiger partial charge in [0.15, 0.2) is 5.03 Å². The molecule has 0 bridgehead atoms. The Balaban J connectivity index is 1.92. The van der Waals surface area contributed by atoms with Gasteiger partial charge in [-0.15, -0.1) is 0 Å². The zero-order chi connectivity index (χ0) is 21.6. The lowest BCUT2D eigenvalue weighted by Crippen LogP contribution is -2.29. The van der Waals surface area contributed by atoms with Gasteiger partial charge in [0.2, 0.25) is 0 Å². The van der Waals surface area contributed by atoms with Crippen molar-refractivity contribution in [2.24, 2.45) is 0 Å². The number of methoxy groups -OCH3 is 1. The first-order valence-corrected chi connectivity index (χ1v) is 10.9. The highest BCUT2D eigenvalue weighted by Gasteiger charge is 2.22. The van der Waals surface area contributed by atoms with Crippen LogP contribution in [0, 0.1) is 0 Å². The quantitative estimate of drug-likeness (QED) is 0.573. The van der Waals surface area contributed by atoms with Crippen LogP contribution >= 0.6 is 0 Å². The number of ether oxygens (including phenoxy) is 1. The van der Waals surface area contributed by atoms with Crippen molar-refractivity contribution in [3.05, 3.63) is 84.1 Å². The number of hydrogen-bond donors (Lipinski definition) is 2. The number of carbonyl (C=O) groups is 1. The van der Waals surface area contributed by atoms with E-state index in [1.807, 2.05) is 37.3 Å². The van der Waals surface area contributed by atoms with Crippen molar-refractivity contribution >= 4 is 21.6 Å². The van der Waals surface area contributed by atoms with E-state index in [0.717, 1.165) is 5.56 Å². The number of sulfonamides is 1. The molecule has 0 aliphatic carbocycles. The van der Waals surface area contributed by atoms with Gasteiger partial charge < -0.3 is 10.1 Å². The molecule has 2 N–H and O–H groups in total. The van der Waals surface area contributed by atoms with Gasteiger partial charge in [0.05, 0.1) is 24.4 Å². The number of pyridine rings is 1. The van der Waals surface area contributed by atoms with Gasteiger partial charge in [-0.05, 0) is 42.3 Å². The van der Waals surface area contributed by atoms with Crippen LogP contribution in [0.25, 0.3) is 0 Å². The molecule has 30 heavy (non-hydrogen) atoms. The van der Waals surface area contributed by atoms with E-state index in [1.54, 1.807) is 18.2 Å². The molecule has 2 aromatic carbocycles. The first-order chi connectivity index (χ1) is 14.4. The topological polar surface area (TPSA) is 97.4 Å². The van der Waals surface area contributed by atoms with Gasteiger partial charge in [0.25, 0.3) is 15.9 Å². The minimum absolute atomic E-state index is 0.136. The molecule has 3 aromatic rings. The minimum Gasteiger partial charge on any atom is -0.497 e. The van der Waals surface area contributed by atoms with Crippen LogP contribution in [-0.2, 0) is 10.0 Å². The molecule has 0 fully saturated rings. The zero-order valence-corrected chi connectivity index (χ0v) is 17.5. The van der Waals surface area contributed by atoms with Crippen LogP contribution in [0.1, 0.15) is 35.3 Å². The van der Waals surface area contributed by atoms with Gasteiger partial charge in [-0.1, -0.05) is 43.3 Å². The Morgan fingerprint density at radius 1 is 1.07 bits per heavy atom. The highest BCUT2D eigenvalue weighted by molar-refractivity contribution is 7.92. The number of anilines is 1. The van der Waals surface area contributed by atoms with Gasteiger partial charge in [-0.2, -0.15) is 8.42 Å². The lowest BCUT2D eigenvalue weighted by Gasteiger charge is -2.19. The van der Waals surface area contributed by atoms with Crippen molar-refractivity contribution in [3.63, 3.8) is 0 Å². The Hall–Kier alpha value is -3.39.